The molecule has 0 saturated carbocycles. The first kappa shape index (κ1) is 15.6. The van der Waals surface area contributed by atoms with Crippen molar-refractivity contribution in [3.05, 3.63) is 47.0 Å². The summed E-state index contributed by atoms with van der Waals surface area (Å²) < 4.78 is 14.1. The van der Waals surface area contributed by atoms with Crippen LogP contribution in [0.1, 0.15) is 21.6 Å². The van der Waals surface area contributed by atoms with Gasteiger partial charge >= 0.3 is 5.97 Å². The van der Waals surface area contributed by atoms with E-state index in [0.717, 1.165) is 15.8 Å². The molecular weight excluding hydrogens is 291 g/mol. The van der Waals surface area contributed by atoms with E-state index >= 15 is 0 Å². The molecule has 0 unspecified atom stereocenters. The van der Waals surface area contributed by atoms with E-state index in [9.17, 15) is 14.0 Å². The molecule has 1 amide bonds. The Hall–Kier alpha value is -2.77. The Morgan fingerprint density at radius 1 is 1.41 bits per heavy atom. The van der Waals surface area contributed by atoms with Gasteiger partial charge in [-0.15, -0.1) is 5.10 Å². The highest BCUT2D eigenvalue weighted by molar-refractivity contribution is 5.84. The number of aromatic carboxylic acids is 1. The Bertz CT molecular complexity index is 699. The number of hydrogen-bond donors (Lipinski definition) is 2. The number of rotatable bonds is 6. The fraction of sp³-hybridized carbons (Fsp3) is 0.286. The molecule has 2 N–H and O–H groups in total. The largest absolute Gasteiger partial charge is 0.476 e. The Labute approximate surface area is 125 Å². The number of benzene rings is 1. The number of aromatic nitrogens is 3. The fourth-order valence-corrected chi connectivity index (χ4v) is 1.95. The van der Waals surface area contributed by atoms with Gasteiger partial charge in [0.1, 0.15) is 12.4 Å². The van der Waals surface area contributed by atoms with Crippen molar-refractivity contribution in [3.8, 4) is 0 Å². The van der Waals surface area contributed by atoms with Crippen LogP contribution in [0, 0.1) is 12.7 Å². The highest BCUT2D eigenvalue weighted by Gasteiger charge is 2.10. The van der Waals surface area contributed by atoms with Gasteiger partial charge in [-0.2, -0.15) is 0 Å². The van der Waals surface area contributed by atoms with Gasteiger partial charge in [-0.05, 0) is 36.6 Å². The van der Waals surface area contributed by atoms with Gasteiger partial charge in [-0.1, -0.05) is 11.3 Å². The second kappa shape index (κ2) is 6.79. The second-order valence-electron chi connectivity index (χ2n) is 4.78. The van der Waals surface area contributed by atoms with Crippen molar-refractivity contribution < 1.29 is 19.1 Å². The summed E-state index contributed by atoms with van der Waals surface area (Å²) >= 11 is 0. The molecule has 2 aromatic rings. The Balaban J connectivity index is 1.81. The molecule has 0 spiro atoms. The van der Waals surface area contributed by atoms with E-state index in [-0.39, 0.29) is 24.0 Å². The van der Waals surface area contributed by atoms with Crippen LogP contribution in [0.5, 0.6) is 0 Å². The maximum atomic E-state index is 13.0. The third-order valence-corrected chi connectivity index (χ3v) is 3.08. The van der Waals surface area contributed by atoms with Gasteiger partial charge in [0, 0.05) is 6.54 Å². The van der Waals surface area contributed by atoms with Gasteiger partial charge in [0.25, 0.3) is 0 Å². The van der Waals surface area contributed by atoms with Crippen LogP contribution in [0.25, 0.3) is 0 Å². The molecule has 2 rings (SSSR count). The van der Waals surface area contributed by atoms with Crippen LogP contribution < -0.4 is 5.32 Å². The monoisotopic (exact) mass is 306 g/mol. The second-order valence-corrected chi connectivity index (χ2v) is 4.78. The van der Waals surface area contributed by atoms with E-state index in [1.54, 1.807) is 6.07 Å². The Kier molecular flexibility index (Phi) is 4.82. The number of carbonyl (C=O) groups excluding carboxylic acids is 1. The lowest BCUT2D eigenvalue weighted by Gasteiger charge is -2.07. The molecular formula is C14H15FN4O3. The smallest absolute Gasteiger partial charge is 0.358 e. The molecule has 116 valence electrons. The van der Waals surface area contributed by atoms with Gasteiger partial charge < -0.3 is 10.4 Å². The molecule has 0 bridgehead atoms. The SMILES string of the molecule is Cc1cc(F)ccc1CCNC(=O)Cn1cc(C(=O)O)nn1. The van der Waals surface area contributed by atoms with Crippen molar-refractivity contribution in [1.82, 2.24) is 20.3 Å². The molecule has 0 atom stereocenters. The summed E-state index contributed by atoms with van der Waals surface area (Å²) in [5.41, 5.74) is 1.57. The molecule has 1 heterocycles. The van der Waals surface area contributed by atoms with Gasteiger partial charge in [0.2, 0.25) is 5.91 Å². The summed E-state index contributed by atoms with van der Waals surface area (Å²) in [7, 11) is 0. The molecule has 22 heavy (non-hydrogen) atoms. The lowest BCUT2D eigenvalue weighted by Crippen LogP contribution is -2.29. The summed E-state index contributed by atoms with van der Waals surface area (Å²) in [5, 5.41) is 18.4. The van der Waals surface area contributed by atoms with Gasteiger partial charge in [0.15, 0.2) is 5.69 Å². The lowest BCUT2D eigenvalue weighted by atomic mass is 10.1. The summed E-state index contributed by atoms with van der Waals surface area (Å²) in [5.74, 6) is -1.79. The summed E-state index contributed by atoms with van der Waals surface area (Å²) in [4.78, 5) is 22.4. The first-order valence-electron chi connectivity index (χ1n) is 6.61. The number of nitrogens with zero attached hydrogens (tertiary/aromatic N) is 3. The van der Waals surface area contributed by atoms with Crippen LogP contribution >= 0.6 is 0 Å². The van der Waals surface area contributed by atoms with Crippen molar-refractivity contribution in [1.29, 1.82) is 0 Å². The summed E-state index contributed by atoms with van der Waals surface area (Å²) in [6, 6.07) is 4.51. The first-order valence-corrected chi connectivity index (χ1v) is 6.61. The van der Waals surface area contributed by atoms with E-state index in [1.807, 2.05) is 6.92 Å². The van der Waals surface area contributed by atoms with E-state index in [2.05, 4.69) is 15.6 Å². The normalized spacial score (nSPS) is 10.5. The quantitative estimate of drug-likeness (QED) is 0.822. The lowest BCUT2D eigenvalue weighted by molar-refractivity contribution is -0.121. The van der Waals surface area contributed by atoms with E-state index in [0.29, 0.717) is 13.0 Å². The maximum absolute atomic E-state index is 13.0. The summed E-state index contributed by atoms with van der Waals surface area (Å²) in [6.45, 7) is 2.09. The zero-order chi connectivity index (χ0) is 16.1. The number of carboxylic acid groups (broad SMARTS) is 1. The molecule has 7 nitrogen and oxygen atoms in total. The minimum absolute atomic E-state index is 0.108. The third-order valence-electron chi connectivity index (χ3n) is 3.08. The number of carboxylic acids is 1. The van der Waals surface area contributed by atoms with Gasteiger partial charge in [-0.25, -0.2) is 13.9 Å². The molecule has 0 radical (unpaired) electrons. The number of nitrogens with one attached hydrogen (secondary N) is 1. The van der Waals surface area contributed by atoms with Crippen LogP contribution in [0.2, 0.25) is 0 Å². The standard InChI is InChI=1S/C14H15FN4O3/c1-9-6-11(15)3-2-10(9)4-5-16-13(20)8-19-7-12(14(21)22)17-18-19/h2-3,6-7H,4-5,8H2,1H3,(H,16,20)(H,21,22). The van der Waals surface area contributed by atoms with Crippen LogP contribution in [0.4, 0.5) is 4.39 Å². The average molecular weight is 306 g/mol. The predicted octanol–water partition coefficient (Wildman–Crippen LogP) is 0.783. The van der Waals surface area contributed by atoms with Crippen LogP contribution in [-0.2, 0) is 17.8 Å². The maximum Gasteiger partial charge on any atom is 0.358 e. The number of hydrogen-bond acceptors (Lipinski definition) is 4. The van der Waals surface area contributed by atoms with Crippen molar-refractivity contribution in [3.63, 3.8) is 0 Å². The van der Waals surface area contributed by atoms with E-state index in [1.165, 1.54) is 18.3 Å². The van der Waals surface area contributed by atoms with E-state index in [4.69, 9.17) is 5.11 Å². The minimum Gasteiger partial charge on any atom is -0.476 e. The topological polar surface area (TPSA) is 97.1 Å². The molecule has 1 aromatic carbocycles. The number of aryl methyl sites for hydroxylation is 1. The molecule has 0 saturated heterocycles. The Morgan fingerprint density at radius 3 is 2.82 bits per heavy atom. The van der Waals surface area contributed by atoms with Crippen LogP contribution in [0.3, 0.4) is 0 Å². The predicted molar refractivity (Wildman–Crippen MR) is 74.8 cm³/mol. The number of amides is 1. The van der Waals surface area contributed by atoms with Gasteiger partial charge in [-0.3, -0.25) is 4.79 Å². The van der Waals surface area contributed by atoms with Gasteiger partial charge in [0.05, 0.1) is 6.20 Å². The Morgan fingerprint density at radius 2 is 2.18 bits per heavy atom. The van der Waals surface area contributed by atoms with Crippen molar-refractivity contribution in [2.45, 2.75) is 19.9 Å². The van der Waals surface area contributed by atoms with Crippen molar-refractivity contribution in [2.75, 3.05) is 6.54 Å². The van der Waals surface area contributed by atoms with Crippen LogP contribution in [-0.4, -0.2) is 38.5 Å². The molecule has 0 fully saturated rings. The highest BCUT2D eigenvalue weighted by atomic mass is 19.1. The van der Waals surface area contributed by atoms with Crippen LogP contribution in [0.15, 0.2) is 24.4 Å². The number of halogens is 1. The number of carbonyl (C=O) groups is 2. The average Bonchev–Trinajstić information content (AvgIpc) is 2.90. The van der Waals surface area contributed by atoms with E-state index < -0.39 is 5.97 Å². The third kappa shape index (κ3) is 4.11. The molecule has 0 aliphatic carbocycles. The molecule has 8 heteroatoms. The first-order chi connectivity index (χ1) is 10.5. The molecule has 0 aliphatic heterocycles. The zero-order valence-electron chi connectivity index (χ0n) is 11.9. The molecule has 1 aromatic heterocycles. The summed E-state index contributed by atoms with van der Waals surface area (Å²) in [6.07, 6.45) is 1.77. The zero-order valence-corrected chi connectivity index (χ0v) is 11.9. The van der Waals surface area contributed by atoms with Crippen molar-refractivity contribution in [2.24, 2.45) is 0 Å². The fourth-order valence-electron chi connectivity index (χ4n) is 1.95. The molecule has 0 aliphatic rings. The minimum atomic E-state index is -1.20. The highest BCUT2D eigenvalue weighted by Crippen LogP contribution is 2.10. The van der Waals surface area contributed by atoms with Crippen molar-refractivity contribution >= 4 is 11.9 Å².